The van der Waals surface area contributed by atoms with Crippen LogP contribution in [0, 0.1) is 0 Å². The smallest absolute Gasteiger partial charge is 0.250 e. The molecule has 3 aromatic carbocycles. The van der Waals surface area contributed by atoms with Crippen molar-refractivity contribution < 1.29 is 24.1 Å². The summed E-state index contributed by atoms with van der Waals surface area (Å²) in [4.78, 5) is 12.5. The molecule has 0 radical (unpaired) electrons. The number of amides is 1. The molecule has 0 saturated heterocycles. The molecule has 0 fully saturated rings. The maximum absolute atomic E-state index is 12.5. The van der Waals surface area contributed by atoms with Crippen molar-refractivity contribution in [3.05, 3.63) is 72.3 Å². The van der Waals surface area contributed by atoms with E-state index < -0.39 is 0 Å². The van der Waals surface area contributed by atoms with Crippen molar-refractivity contribution in [3.8, 4) is 40.1 Å². The van der Waals surface area contributed by atoms with Crippen LogP contribution in [0.4, 0.5) is 0 Å². The zero-order valence-corrected chi connectivity index (χ0v) is 21.9. The third kappa shape index (κ3) is 6.24. The van der Waals surface area contributed by atoms with Gasteiger partial charge in [0.25, 0.3) is 5.91 Å². The number of nitrogens with one attached hydrogen (secondary N) is 1. The standard InChI is InChI=1S/C27H27N5O5S/c1-4-37-21-12-10-20(11-13-21)32-26(19-8-6-5-7-9-19)30-31-27(32)38-17-24(33)29-28-16-18-14-22(35-2)25(34)23(15-18)36-3/h5-16,34H,4,17H2,1-3H3,(H,29,33)/b28-16+. The van der Waals surface area contributed by atoms with Crippen LogP contribution in [0.3, 0.4) is 0 Å². The second-order valence-corrected chi connectivity index (χ2v) is 8.73. The van der Waals surface area contributed by atoms with E-state index in [9.17, 15) is 9.90 Å². The van der Waals surface area contributed by atoms with Crippen LogP contribution in [0.15, 0.2) is 77.0 Å². The third-order valence-corrected chi connectivity index (χ3v) is 6.24. The highest BCUT2D eigenvalue weighted by Crippen LogP contribution is 2.36. The van der Waals surface area contributed by atoms with Gasteiger partial charge < -0.3 is 19.3 Å². The Morgan fingerprint density at radius 1 is 1.05 bits per heavy atom. The van der Waals surface area contributed by atoms with Gasteiger partial charge >= 0.3 is 0 Å². The Hall–Kier alpha value is -4.51. The van der Waals surface area contributed by atoms with Gasteiger partial charge in [0.05, 0.1) is 32.8 Å². The summed E-state index contributed by atoms with van der Waals surface area (Å²) in [6, 6.07) is 20.5. The Labute approximate surface area is 224 Å². The van der Waals surface area contributed by atoms with Crippen molar-refractivity contribution in [3.63, 3.8) is 0 Å². The number of hydrazone groups is 1. The summed E-state index contributed by atoms with van der Waals surface area (Å²) in [5.41, 5.74) is 4.82. The van der Waals surface area contributed by atoms with Gasteiger partial charge in [-0.25, -0.2) is 5.43 Å². The summed E-state index contributed by atoms with van der Waals surface area (Å²) in [6.45, 7) is 2.51. The first-order valence-corrected chi connectivity index (χ1v) is 12.7. The molecule has 0 aliphatic carbocycles. The molecule has 4 aromatic rings. The number of rotatable bonds is 11. The van der Waals surface area contributed by atoms with Crippen molar-refractivity contribution in [2.24, 2.45) is 5.10 Å². The highest BCUT2D eigenvalue weighted by molar-refractivity contribution is 7.99. The number of carbonyl (C=O) groups excluding carboxylic acids is 1. The number of hydrogen-bond acceptors (Lipinski definition) is 9. The van der Waals surface area contributed by atoms with Crippen LogP contribution in [0.5, 0.6) is 23.0 Å². The van der Waals surface area contributed by atoms with Gasteiger partial charge in [0.2, 0.25) is 5.75 Å². The summed E-state index contributed by atoms with van der Waals surface area (Å²) in [6.07, 6.45) is 1.43. The molecule has 196 valence electrons. The van der Waals surface area contributed by atoms with Crippen LogP contribution >= 0.6 is 11.8 Å². The summed E-state index contributed by atoms with van der Waals surface area (Å²) in [7, 11) is 2.87. The van der Waals surface area contributed by atoms with Crippen molar-refractivity contribution in [1.82, 2.24) is 20.2 Å². The molecule has 38 heavy (non-hydrogen) atoms. The molecule has 2 N–H and O–H groups in total. The van der Waals surface area contributed by atoms with Gasteiger partial charge in [-0.2, -0.15) is 5.10 Å². The Balaban J connectivity index is 1.49. The minimum atomic E-state index is -0.327. The molecule has 0 bridgehead atoms. The first-order chi connectivity index (χ1) is 18.5. The van der Waals surface area contributed by atoms with Gasteiger partial charge in [-0.05, 0) is 43.3 Å². The molecule has 10 nitrogen and oxygen atoms in total. The van der Waals surface area contributed by atoms with Gasteiger partial charge in [0.15, 0.2) is 22.5 Å². The third-order valence-electron chi connectivity index (χ3n) is 5.31. The Morgan fingerprint density at radius 3 is 2.37 bits per heavy atom. The van der Waals surface area contributed by atoms with E-state index in [2.05, 4.69) is 20.7 Å². The minimum absolute atomic E-state index is 0.0590. The van der Waals surface area contributed by atoms with E-state index in [1.807, 2.05) is 66.1 Å². The van der Waals surface area contributed by atoms with E-state index in [1.54, 1.807) is 12.1 Å². The zero-order chi connectivity index (χ0) is 26.9. The van der Waals surface area contributed by atoms with E-state index in [1.165, 1.54) is 32.2 Å². The Morgan fingerprint density at radius 2 is 1.74 bits per heavy atom. The summed E-state index contributed by atoms with van der Waals surface area (Å²) >= 11 is 1.24. The SMILES string of the molecule is CCOc1ccc(-n2c(SCC(=O)N/N=C/c3cc(OC)c(O)c(OC)c3)nnc2-c2ccccc2)cc1. The molecule has 0 aliphatic rings. The fourth-order valence-corrected chi connectivity index (χ4v) is 4.30. The van der Waals surface area contributed by atoms with E-state index >= 15 is 0 Å². The highest BCUT2D eigenvalue weighted by Gasteiger charge is 2.17. The maximum Gasteiger partial charge on any atom is 0.250 e. The molecule has 0 saturated carbocycles. The number of phenolic OH excluding ortho intramolecular Hbond substituents is 1. The number of benzene rings is 3. The second kappa shape index (κ2) is 12.6. The summed E-state index contributed by atoms with van der Waals surface area (Å²) in [5.74, 6) is 1.51. The molecule has 11 heteroatoms. The maximum atomic E-state index is 12.5. The minimum Gasteiger partial charge on any atom is -0.502 e. The van der Waals surface area contributed by atoms with Crippen LogP contribution < -0.4 is 19.6 Å². The van der Waals surface area contributed by atoms with E-state index in [-0.39, 0.29) is 28.9 Å². The van der Waals surface area contributed by atoms with Crippen LogP contribution in [0.2, 0.25) is 0 Å². The Kier molecular flexibility index (Phi) is 8.83. The predicted octanol–water partition coefficient (Wildman–Crippen LogP) is 4.30. The monoisotopic (exact) mass is 533 g/mol. The number of nitrogens with zero attached hydrogens (tertiary/aromatic N) is 4. The molecule has 0 spiro atoms. The summed E-state index contributed by atoms with van der Waals surface area (Å²) in [5, 5.41) is 23.3. The van der Waals surface area contributed by atoms with Gasteiger partial charge in [0.1, 0.15) is 5.75 Å². The number of methoxy groups -OCH3 is 2. The molecule has 0 atom stereocenters. The van der Waals surface area contributed by atoms with Crippen LogP contribution in [-0.4, -0.2) is 58.6 Å². The van der Waals surface area contributed by atoms with Crippen LogP contribution in [0.25, 0.3) is 17.1 Å². The lowest BCUT2D eigenvalue weighted by atomic mass is 10.2. The van der Waals surface area contributed by atoms with Crippen LogP contribution in [-0.2, 0) is 4.79 Å². The molecule has 1 amide bonds. The van der Waals surface area contributed by atoms with Crippen molar-refractivity contribution in [2.75, 3.05) is 26.6 Å². The fourth-order valence-electron chi connectivity index (χ4n) is 3.56. The number of aromatic nitrogens is 3. The van der Waals surface area contributed by atoms with Crippen molar-refractivity contribution in [1.29, 1.82) is 0 Å². The lowest BCUT2D eigenvalue weighted by Crippen LogP contribution is -2.20. The number of carbonyl (C=O) groups is 1. The fraction of sp³-hybridized carbons (Fsp3) is 0.185. The molecule has 1 heterocycles. The largest absolute Gasteiger partial charge is 0.502 e. The predicted molar refractivity (Wildman–Crippen MR) is 146 cm³/mol. The lowest BCUT2D eigenvalue weighted by Gasteiger charge is -2.11. The number of thioether (sulfide) groups is 1. The zero-order valence-electron chi connectivity index (χ0n) is 21.1. The van der Waals surface area contributed by atoms with E-state index in [0.29, 0.717) is 23.2 Å². The first-order valence-electron chi connectivity index (χ1n) is 11.7. The van der Waals surface area contributed by atoms with Crippen molar-refractivity contribution in [2.45, 2.75) is 12.1 Å². The Bertz CT molecular complexity index is 1380. The molecule has 4 rings (SSSR count). The average Bonchev–Trinajstić information content (AvgIpc) is 3.37. The first kappa shape index (κ1) is 26.6. The molecule has 0 aliphatic heterocycles. The molecular formula is C27H27N5O5S. The number of aromatic hydroxyl groups is 1. The quantitative estimate of drug-likeness (QED) is 0.166. The highest BCUT2D eigenvalue weighted by atomic mass is 32.2. The number of hydrogen-bond donors (Lipinski definition) is 2. The lowest BCUT2D eigenvalue weighted by molar-refractivity contribution is -0.118. The van der Waals surface area contributed by atoms with E-state index in [4.69, 9.17) is 14.2 Å². The number of ether oxygens (including phenoxy) is 3. The van der Waals surface area contributed by atoms with Crippen LogP contribution in [0.1, 0.15) is 12.5 Å². The second-order valence-electron chi connectivity index (χ2n) is 7.79. The van der Waals surface area contributed by atoms with Gasteiger partial charge in [-0.15, -0.1) is 10.2 Å². The molecule has 1 aromatic heterocycles. The average molecular weight is 534 g/mol. The van der Waals surface area contributed by atoms with Gasteiger partial charge in [0, 0.05) is 16.8 Å². The van der Waals surface area contributed by atoms with Crippen molar-refractivity contribution >= 4 is 23.9 Å². The molecular weight excluding hydrogens is 506 g/mol. The van der Waals surface area contributed by atoms with E-state index in [0.717, 1.165) is 17.0 Å². The molecule has 0 unspecified atom stereocenters. The number of phenols is 1. The van der Waals surface area contributed by atoms with Gasteiger partial charge in [-0.1, -0.05) is 42.1 Å². The normalized spacial score (nSPS) is 10.9. The topological polar surface area (TPSA) is 120 Å². The summed E-state index contributed by atoms with van der Waals surface area (Å²) < 4.78 is 17.7. The van der Waals surface area contributed by atoms with Gasteiger partial charge in [-0.3, -0.25) is 9.36 Å².